The van der Waals surface area contributed by atoms with Crippen LogP contribution in [0.2, 0.25) is 0 Å². The van der Waals surface area contributed by atoms with Crippen molar-refractivity contribution in [1.29, 1.82) is 0 Å². The Kier molecular flexibility index (Phi) is 3.55. The number of nitrogens with zero attached hydrogens (tertiary/aromatic N) is 3. The molecule has 1 amide bonds. The van der Waals surface area contributed by atoms with Crippen molar-refractivity contribution >= 4 is 5.91 Å². The number of imidazole rings is 1. The fourth-order valence-corrected chi connectivity index (χ4v) is 2.88. The average molecular weight is 289 g/mol. The summed E-state index contributed by atoms with van der Waals surface area (Å²) in [5.74, 6) is 1.42. The molecule has 0 fully saturated rings. The van der Waals surface area contributed by atoms with E-state index < -0.39 is 0 Å². The highest BCUT2D eigenvalue weighted by molar-refractivity contribution is 5.95. The van der Waals surface area contributed by atoms with E-state index in [1.54, 1.807) is 25.7 Å². The summed E-state index contributed by atoms with van der Waals surface area (Å²) in [7, 11) is 1.67. The molecule has 21 heavy (non-hydrogen) atoms. The van der Waals surface area contributed by atoms with Crippen molar-refractivity contribution in [2.75, 3.05) is 20.3 Å². The number of carbonyl (C=O) groups is 1. The molecule has 1 atom stereocenters. The number of aromatic nitrogens is 2. The van der Waals surface area contributed by atoms with Crippen molar-refractivity contribution in [3.63, 3.8) is 0 Å². The zero-order chi connectivity index (χ0) is 15.0. The Bertz CT molecular complexity index is 659. The second-order valence-electron chi connectivity index (χ2n) is 5.41. The van der Waals surface area contributed by atoms with Gasteiger partial charge in [0.15, 0.2) is 0 Å². The van der Waals surface area contributed by atoms with E-state index in [4.69, 9.17) is 9.15 Å². The fourth-order valence-electron chi connectivity index (χ4n) is 2.88. The molecule has 0 saturated carbocycles. The fraction of sp³-hybridized carbons (Fsp3) is 0.467. The van der Waals surface area contributed by atoms with Gasteiger partial charge in [0, 0.05) is 19.9 Å². The number of ether oxygens (including phenoxy) is 1. The van der Waals surface area contributed by atoms with E-state index in [1.165, 1.54) is 0 Å². The zero-order valence-corrected chi connectivity index (χ0v) is 12.5. The standard InChI is InChI=1S/C15H19N3O3/c1-10-4-14(11(2)21-10)15(19)17-6-12-5-16-9-18(12)13(7-17)8-20-3/h4-5,9,13H,6-8H2,1-3H3/t13-/m1/s1. The molecule has 0 aromatic carbocycles. The lowest BCUT2D eigenvalue weighted by atomic mass is 10.1. The van der Waals surface area contributed by atoms with Gasteiger partial charge in [-0.05, 0) is 19.9 Å². The predicted octanol–water partition coefficient (Wildman–Crippen LogP) is 1.94. The Hall–Kier alpha value is -2.08. The SMILES string of the molecule is COC[C@H]1CN(C(=O)c2cc(C)oc2C)Cc2cncn21. The van der Waals surface area contributed by atoms with Gasteiger partial charge >= 0.3 is 0 Å². The highest BCUT2D eigenvalue weighted by atomic mass is 16.5. The van der Waals surface area contributed by atoms with Crippen molar-refractivity contribution in [3.8, 4) is 0 Å². The molecule has 6 nitrogen and oxygen atoms in total. The lowest BCUT2D eigenvalue weighted by Crippen LogP contribution is -2.42. The number of fused-ring (bicyclic) bond motifs is 1. The van der Waals surface area contributed by atoms with Gasteiger partial charge in [-0.1, -0.05) is 0 Å². The van der Waals surface area contributed by atoms with Crippen molar-refractivity contribution in [2.45, 2.75) is 26.4 Å². The average Bonchev–Trinajstić information content (AvgIpc) is 3.04. The van der Waals surface area contributed by atoms with Crippen LogP contribution in [0.1, 0.15) is 33.6 Å². The maximum absolute atomic E-state index is 12.7. The Morgan fingerprint density at radius 2 is 2.33 bits per heavy atom. The molecule has 3 rings (SSSR count). The first-order valence-electron chi connectivity index (χ1n) is 6.96. The lowest BCUT2D eigenvalue weighted by Gasteiger charge is -2.34. The summed E-state index contributed by atoms with van der Waals surface area (Å²) in [5.41, 5.74) is 1.66. The minimum Gasteiger partial charge on any atom is -0.466 e. The molecule has 0 saturated heterocycles. The van der Waals surface area contributed by atoms with Crippen molar-refractivity contribution in [2.24, 2.45) is 0 Å². The molecule has 2 aromatic heterocycles. The first-order chi connectivity index (χ1) is 10.1. The maximum Gasteiger partial charge on any atom is 0.257 e. The Labute approximate surface area is 123 Å². The van der Waals surface area contributed by atoms with Gasteiger partial charge in [-0.2, -0.15) is 0 Å². The highest BCUT2D eigenvalue weighted by Crippen LogP contribution is 2.24. The molecule has 6 heteroatoms. The number of amides is 1. The van der Waals surface area contributed by atoms with Gasteiger partial charge < -0.3 is 18.6 Å². The first-order valence-corrected chi connectivity index (χ1v) is 6.96. The van der Waals surface area contributed by atoms with E-state index in [1.807, 2.05) is 18.7 Å². The third-order valence-corrected chi connectivity index (χ3v) is 3.84. The van der Waals surface area contributed by atoms with Crippen LogP contribution in [-0.4, -0.2) is 40.6 Å². The summed E-state index contributed by atoms with van der Waals surface area (Å²) in [4.78, 5) is 18.7. The second kappa shape index (κ2) is 5.37. The van der Waals surface area contributed by atoms with Crippen LogP contribution in [0, 0.1) is 13.8 Å². The van der Waals surface area contributed by atoms with E-state index in [0.29, 0.717) is 31.0 Å². The van der Waals surface area contributed by atoms with Crippen LogP contribution < -0.4 is 0 Å². The van der Waals surface area contributed by atoms with Crippen LogP contribution in [0.15, 0.2) is 23.0 Å². The van der Waals surface area contributed by atoms with Crippen LogP contribution in [0.25, 0.3) is 0 Å². The molecule has 2 aromatic rings. The van der Waals surface area contributed by atoms with Gasteiger partial charge in [-0.3, -0.25) is 4.79 Å². The Balaban J connectivity index is 1.87. The number of rotatable bonds is 3. The molecule has 0 bridgehead atoms. The minimum absolute atomic E-state index is 0.00194. The number of furan rings is 1. The molecule has 0 radical (unpaired) electrons. The quantitative estimate of drug-likeness (QED) is 0.866. The van der Waals surface area contributed by atoms with E-state index >= 15 is 0 Å². The van der Waals surface area contributed by atoms with E-state index in [2.05, 4.69) is 9.55 Å². The van der Waals surface area contributed by atoms with Crippen molar-refractivity contribution in [3.05, 3.63) is 41.4 Å². The Morgan fingerprint density at radius 3 is 3.00 bits per heavy atom. The number of hydrogen-bond acceptors (Lipinski definition) is 4. The molecule has 1 aliphatic rings. The molecule has 1 aliphatic heterocycles. The van der Waals surface area contributed by atoms with Crippen LogP contribution >= 0.6 is 0 Å². The van der Waals surface area contributed by atoms with Crippen molar-refractivity contribution < 1.29 is 13.9 Å². The molecule has 0 unspecified atom stereocenters. The molecule has 0 spiro atoms. The van der Waals surface area contributed by atoms with Gasteiger partial charge in [-0.15, -0.1) is 0 Å². The number of carbonyl (C=O) groups excluding carboxylic acids is 1. The molecule has 3 heterocycles. The summed E-state index contributed by atoms with van der Waals surface area (Å²) in [6.45, 7) is 5.39. The summed E-state index contributed by atoms with van der Waals surface area (Å²) >= 11 is 0. The third kappa shape index (κ3) is 2.47. The van der Waals surface area contributed by atoms with E-state index in [0.717, 1.165) is 11.5 Å². The van der Waals surface area contributed by atoms with Crippen LogP contribution in [0.5, 0.6) is 0 Å². The van der Waals surface area contributed by atoms with Crippen molar-refractivity contribution in [1.82, 2.24) is 14.5 Å². The molecular weight excluding hydrogens is 270 g/mol. The summed E-state index contributed by atoms with van der Waals surface area (Å²) in [6.07, 6.45) is 3.60. The number of hydrogen-bond donors (Lipinski definition) is 0. The van der Waals surface area contributed by atoms with Gasteiger partial charge in [0.25, 0.3) is 5.91 Å². The van der Waals surface area contributed by atoms with E-state index in [9.17, 15) is 4.79 Å². The normalized spacial score (nSPS) is 17.9. The van der Waals surface area contributed by atoms with Gasteiger partial charge in [-0.25, -0.2) is 4.98 Å². The zero-order valence-electron chi connectivity index (χ0n) is 12.5. The van der Waals surface area contributed by atoms with Crippen LogP contribution in [-0.2, 0) is 11.3 Å². The summed E-state index contributed by atoms with van der Waals surface area (Å²) < 4.78 is 12.8. The number of aryl methyl sites for hydroxylation is 2. The summed E-state index contributed by atoms with van der Waals surface area (Å²) in [5, 5.41) is 0. The maximum atomic E-state index is 12.7. The smallest absolute Gasteiger partial charge is 0.257 e. The molecule has 112 valence electrons. The molecule has 0 N–H and O–H groups in total. The predicted molar refractivity (Wildman–Crippen MR) is 76.1 cm³/mol. The lowest BCUT2D eigenvalue weighted by molar-refractivity contribution is 0.0598. The number of methoxy groups -OCH3 is 1. The van der Waals surface area contributed by atoms with E-state index in [-0.39, 0.29) is 11.9 Å². The third-order valence-electron chi connectivity index (χ3n) is 3.84. The van der Waals surface area contributed by atoms with Crippen LogP contribution in [0.4, 0.5) is 0 Å². The largest absolute Gasteiger partial charge is 0.466 e. The van der Waals surface area contributed by atoms with Crippen LogP contribution in [0.3, 0.4) is 0 Å². The van der Waals surface area contributed by atoms with Gasteiger partial charge in [0.2, 0.25) is 0 Å². The van der Waals surface area contributed by atoms with Gasteiger partial charge in [0.1, 0.15) is 11.5 Å². The Morgan fingerprint density at radius 1 is 1.52 bits per heavy atom. The molecule has 0 aliphatic carbocycles. The first kappa shape index (κ1) is 13.9. The van der Waals surface area contributed by atoms with Gasteiger partial charge in [0.05, 0.1) is 36.8 Å². The minimum atomic E-state index is -0.00194. The monoisotopic (exact) mass is 289 g/mol. The second-order valence-corrected chi connectivity index (χ2v) is 5.41. The molecular formula is C15H19N3O3. The summed E-state index contributed by atoms with van der Waals surface area (Å²) in [6, 6.07) is 1.90. The highest BCUT2D eigenvalue weighted by Gasteiger charge is 2.29. The topological polar surface area (TPSA) is 60.5 Å².